The molecule has 0 heterocycles. The predicted molar refractivity (Wildman–Crippen MR) is 260 cm³/mol. The monoisotopic (exact) mass is 886 g/mol. The first kappa shape index (κ1) is 58.3. The molecule has 0 amide bonds. The summed E-state index contributed by atoms with van der Waals surface area (Å²) in [6, 6.07) is 7.47. The molecule has 0 spiro atoms. The summed E-state index contributed by atoms with van der Waals surface area (Å²) in [5, 5.41) is 0. The van der Waals surface area contributed by atoms with Crippen LogP contribution in [0.15, 0.2) is 36.4 Å². The van der Waals surface area contributed by atoms with Crippen LogP contribution in [0, 0.1) is 5.92 Å². The average Bonchev–Trinajstić information content (AvgIpc) is 3.30. The van der Waals surface area contributed by atoms with Crippen molar-refractivity contribution in [2.24, 2.45) is 5.92 Å². The summed E-state index contributed by atoms with van der Waals surface area (Å²) in [5.74, 6) is -1.63. The van der Waals surface area contributed by atoms with Crippen molar-refractivity contribution >= 4 is 17.9 Å². The van der Waals surface area contributed by atoms with E-state index in [0.29, 0.717) is 31.6 Å². The Morgan fingerprint density at radius 1 is 0.508 bits per heavy atom. The van der Waals surface area contributed by atoms with Gasteiger partial charge in [-0.25, -0.2) is 4.79 Å². The van der Waals surface area contributed by atoms with E-state index in [1.54, 1.807) is 12.1 Å². The van der Waals surface area contributed by atoms with Gasteiger partial charge in [0.1, 0.15) is 19.8 Å². The Kier molecular flexibility index (Phi) is 39.9. The molecule has 1 aromatic carbocycles. The van der Waals surface area contributed by atoms with E-state index in [9.17, 15) is 14.4 Å². The van der Waals surface area contributed by atoms with Gasteiger partial charge in [0.05, 0.1) is 17.9 Å². The zero-order chi connectivity index (χ0) is 45.9. The second-order valence-corrected chi connectivity index (χ2v) is 17.6. The molecular formula is C54H95NO8. The van der Waals surface area contributed by atoms with E-state index in [4.69, 9.17) is 23.7 Å². The third kappa shape index (κ3) is 35.2. The lowest BCUT2D eigenvalue weighted by Gasteiger charge is -2.20. The van der Waals surface area contributed by atoms with E-state index >= 15 is 0 Å². The Balaban J connectivity index is 2.65. The molecule has 0 saturated heterocycles. The minimum Gasteiger partial charge on any atom is -0.465 e. The van der Waals surface area contributed by atoms with Gasteiger partial charge in [-0.3, -0.25) is 14.5 Å². The quantitative estimate of drug-likeness (QED) is 0.0208. The lowest BCUT2D eigenvalue weighted by Crippen LogP contribution is -2.27. The number of benzene rings is 1. The number of hydrogen-bond acceptors (Lipinski definition) is 9. The van der Waals surface area contributed by atoms with Gasteiger partial charge >= 0.3 is 17.9 Å². The first-order chi connectivity index (χ1) is 30.9. The van der Waals surface area contributed by atoms with Crippen LogP contribution in [0.3, 0.4) is 0 Å². The van der Waals surface area contributed by atoms with E-state index in [-0.39, 0.29) is 38.2 Å². The predicted octanol–water partition coefficient (Wildman–Crippen LogP) is 14.3. The number of carbonyl (C=O) groups is 3. The first-order valence-electron chi connectivity index (χ1n) is 26.0. The number of allylic oxidation sites excluding steroid dienone is 2. The number of ether oxygens (including phenoxy) is 5. The molecule has 0 bridgehead atoms. The zero-order valence-corrected chi connectivity index (χ0v) is 41.3. The summed E-state index contributed by atoms with van der Waals surface area (Å²) in [6.07, 6.45) is 34.7. The standard InChI is InChI=1S/C54H95NO8/c1-6-11-14-17-20-21-22-23-24-25-26-27-28-29-32-35-51(56)61-45-49(47-63-54(58)50-38-36-48(37-39-50)44-55(9-4)10-5)46-62-52(57)40-41-53(59-42-33-30-18-15-12-7-2)60-43-34-31-19-16-13-8-3/h23-24,36-39,49,53H,6-22,25-35,40-47H2,1-5H3/b24-23-. The van der Waals surface area contributed by atoms with Crippen LogP contribution in [0.4, 0.5) is 0 Å². The summed E-state index contributed by atoms with van der Waals surface area (Å²) in [4.78, 5) is 41.2. The highest BCUT2D eigenvalue weighted by atomic mass is 16.7. The summed E-state index contributed by atoms with van der Waals surface area (Å²) in [6.45, 7) is 14.8. The van der Waals surface area contributed by atoms with Crippen LogP contribution in [0.25, 0.3) is 0 Å². The highest BCUT2D eigenvalue weighted by molar-refractivity contribution is 5.89. The SMILES string of the molecule is CCCCCCCC/C=C\CCCCCCCC(=O)OCC(COC(=O)CCC(OCCCCCCCC)OCCCCCCCC)COC(=O)c1ccc(CN(CC)CC)cc1. The van der Waals surface area contributed by atoms with Crippen molar-refractivity contribution in [2.75, 3.05) is 46.1 Å². The van der Waals surface area contributed by atoms with Crippen LogP contribution in [0.5, 0.6) is 0 Å². The maximum Gasteiger partial charge on any atom is 0.338 e. The van der Waals surface area contributed by atoms with Crippen LogP contribution in [-0.4, -0.2) is 75.2 Å². The minimum atomic E-state index is -0.499. The van der Waals surface area contributed by atoms with Crippen molar-refractivity contribution in [3.05, 3.63) is 47.5 Å². The van der Waals surface area contributed by atoms with Crippen molar-refractivity contribution in [2.45, 2.75) is 227 Å². The average molecular weight is 886 g/mol. The maximum atomic E-state index is 13.1. The number of unbranched alkanes of at least 4 members (excludes halogenated alkanes) is 21. The van der Waals surface area contributed by atoms with E-state index in [2.05, 4.69) is 51.7 Å². The molecule has 1 aromatic rings. The van der Waals surface area contributed by atoms with E-state index in [0.717, 1.165) is 83.0 Å². The van der Waals surface area contributed by atoms with Gasteiger partial charge in [0.25, 0.3) is 0 Å². The van der Waals surface area contributed by atoms with E-state index in [1.165, 1.54) is 103 Å². The van der Waals surface area contributed by atoms with Crippen LogP contribution in [0.1, 0.15) is 230 Å². The molecule has 0 fully saturated rings. The Bertz CT molecular complexity index is 1210. The molecule has 9 nitrogen and oxygen atoms in total. The summed E-state index contributed by atoms with van der Waals surface area (Å²) in [5.41, 5.74) is 1.57. The fourth-order valence-electron chi connectivity index (χ4n) is 7.42. The van der Waals surface area contributed by atoms with E-state index < -0.39 is 18.2 Å². The van der Waals surface area contributed by atoms with E-state index in [1.807, 2.05) is 12.1 Å². The Morgan fingerprint density at radius 3 is 1.43 bits per heavy atom. The molecule has 0 aromatic heterocycles. The second-order valence-electron chi connectivity index (χ2n) is 17.6. The molecular weight excluding hydrogens is 791 g/mol. The fraction of sp³-hybridized carbons (Fsp3) is 0.796. The molecule has 0 N–H and O–H groups in total. The van der Waals surface area contributed by atoms with Gasteiger partial charge in [-0.05, 0) is 75.7 Å². The lowest BCUT2D eigenvalue weighted by molar-refractivity contribution is -0.161. The van der Waals surface area contributed by atoms with Crippen LogP contribution in [-0.2, 0) is 39.8 Å². The smallest absolute Gasteiger partial charge is 0.338 e. The maximum absolute atomic E-state index is 13.1. The van der Waals surface area contributed by atoms with Gasteiger partial charge in [0.15, 0.2) is 6.29 Å². The third-order valence-electron chi connectivity index (χ3n) is 11.7. The third-order valence-corrected chi connectivity index (χ3v) is 11.7. The van der Waals surface area contributed by atoms with Crippen molar-refractivity contribution < 1.29 is 38.1 Å². The van der Waals surface area contributed by atoms with Crippen LogP contribution >= 0.6 is 0 Å². The Hall–Kier alpha value is -2.75. The number of esters is 3. The van der Waals surface area contributed by atoms with Gasteiger partial charge in [-0.2, -0.15) is 0 Å². The van der Waals surface area contributed by atoms with Crippen molar-refractivity contribution in [3.63, 3.8) is 0 Å². The van der Waals surface area contributed by atoms with Gasteiger partial charge in [0, 0.05) is 32.6 Å². The molecule has 0 saturated carbocycles. The minimum absolute atomic E-state index is 0.00135. The topological polar surface area (TPSA) is 101 Å². The number of hydrogen-bond donors (Lipinski definition) is 0. The molecule has 1 atom stereocenters. The molecule has 1 unspecified atom stereocenters. The summed E-state index contributed by atoms with van der Waals surface area (Å²) >= 11 is 0. The lowest BCUT2D eigenvalue weighted by atomic mass is 10.1. The van der Waals surface area contributed by atoms with Gasteiger partial charge in [-0.15, -0.1) is 0 Å². The van der Waals surface area contributed by atoms with Crippen molar-refractivity contribution in [1.29, 1.82) is 0 Å². The highest BCUT2D eigenvalue weighted by Gasteiger charge is 2.20. The molecule has 364 valence electrons. The fourth-order valence-corrected chi connectivity index (χ4v) is 7.42. The van der Waals surface area contributed by atoms with Crippen molar-refractivity contribution in [1.82, 2.24) is 4.90 Å². The number of rotatable bonds is 45. The zero-order valence-electron chi connectivity index (χ0n) is 41.3. The molecule has 63 heavy (non-hydrogen) atoms. The highest BCUT2D eigenvalue weighted by Crippen LogP contribution is 2.15. The Morgan fingerprint density at radius 2 is 0.937 bits per heavy atom. The molecule has 0 radical (unpaired) electrons. The van der Waals surface area contributed by atoms with Gasteiger partial charge in [-0.1, -0.05) is 174 Å². The molecule has 1 rings (SSSR count). The summed E-state index contributed by atoms with van der Waals surface area (Å²) < 4.78 is 29.3. The van der Waals surface area contributed by atoms with Crippen LogP contribution in [0.2, 0.25) is 0 Å². The molecule has 0 aliphatic heterocycles. The van der Waals surface area contributed by atoms with Gasteiger partial charge < -0.3 is 23.7 Å². The Labute approximate surface area is 386 Å². The number of carbonyl (C=O) groups excluding carboxylic acids is 3. The summed E-state index contributed by atoms with van der Waals surface area (Å²) in [7, 11) is 0. The molecule has 0 aliphatic carbocycles. The molecule has 0 aliphatic rings. The largest absolute Gasteiger partial charge is 0.465 e. The number of nitrogens with zero attached hydrogens (tertiary/aromatic N) is 1. The molecule has 9 heteroatoms. The van der Waals surface area contributed by atoms with Gasteiger partial charge in [0.2, 0.25) is 0 Å². The van der Waals surface area contributed by atoms with Crippen LogP contribution < -0.4 is 0 Å². The van der Waals surface area contributed by atoms with Crippen molar-refractivity contribution in [3.8, 4) is 0 Å². The second kappa shape index (κ2) is 43.2. The first-order valence-corrected chi connectivity index (χ1v) is 26.0. The normalized spacial score (nSPS) is 12.1.